The van der Waals surface area contributed by atoms with Gasteiger partial charge in [0, 0.05) is 6.92 Å². The maximum Gasteiger partial charge on any atom is 0.308 e. The van der Waals surface area contributed by atoms with Gasteiger partial charge in [-0.3, -0.25) is 4.79 Å². The third-order valence-corrected chi connectivity index (χ3v) is 1.86. The monoisotopic (exact) mass is 208 g/mol. The quantitative estimate of drug-likeness (QED) is 0.424. The van der Waals surface area contributed by atoms with Crippen molar-refractivity contribution in [2.24, 2.45) is 0 Å². The fourth-order valence-electron chi connectivity index (χ4n) is 1.14. The molecule has 0 aliphatic carbocycles. The van der Waals surface area contributed by atoms with Gasteiger partial charge >= 0.3 is 5.97 Å². The lowest BCUT2D eigenvalue weighted by Gasteiger charge is -2.09. The molecule has 0 heterocycles. The number of rotatable bonds is 5. The molecule has 0 unspecified atom stereocenters. The molecule has 0 spiro atoms. The van der Waals surface area contributed by atoms with E-state index in [4.69, 9.17) is 9.47 Å². The minimum Gasteiger partial charge on any atom is -0.490 e. The first-order valence-corrected chi connectivity index (χ1v) is 5.14. The van der Waals surface area contributed by atoms with Crippen LogP contribution in [0.4, 0.5) is 0 Å². The van der Waals surface area contributed by atoms with Crippen molar-refractivity contribution in [1.29, 1.82) is 0 Å². The number of carbonyl (C=O) groups is 1. The predicted octanol–water partition coefficient (Wildman–Crippen LogP) is 2.79. The van der Waals surface area contributed by atoms with Crippen molar-refractivity contribution in [3.8, 4) is 11.5 Å². The van der Waals surface area contributed by atoms with E-state index in [2.05, 4.69) is 6.92 Å². The Labute approximate surface area is 90.0 Å². The smallest absolute Gasteiger partial charge is 0.308 e. The molecule has 0 saturated carbocycles. The number of benzene rings is 1. The van der Waals surface area contributed by atoms with Crippen LogP contribution in [0.5, 0.6) is 11.5 Å². The highest BCUT2D eigenvalue weighted by atomic mass is 16.6. The molecule has 0 saturated heterocycles. The van der Waals surface area contributed by atoms with E-state index in [9.17, 15) is 4.79 Å². The van der Waals surface area contributed by atoms with E-state index in [1.165, 1.54) is 6.92 Å². The van der Waals surface area contributed by atoms with E-state index >= 15 is 0 Å². The van der Waals surface area contributed by atoms with Crippen LogP contribution in [0.2, 0.25) is 0 Å². The highest BCUT2D eigenvalue weighted by Crippen LogP contribution is 2.26. The molecule has 0 amide bonds. The maximum absolute atomic E-state index is 10.8. The first-order chi connectivity index (χ1) is 7.24. The molecular weight excluding hydrogens is 192 g/mol. The summed E-state index contributed by atoms with van der Waals surface area (Å²) in [7, 11) is 0. The minimum atomic E-state index is -0.332. The van der Waals surface area contributed by atoms with Crippen LogP contribution in [0, 0.1) is 0 Å². The van der Waals surface area contributed by atoms with Gasteiger partial charge in [-0.15, -0.1) is 0 Å². The Morgan fingerprint density at radius 1 is 1.27 bits per heavy atom. The molecule has 82 valence electrons. The zero-order chi connectivity index (χ0) is 11.1. The van der Waals surface area contributed by atoms with Gasteiger partial charge in [0.15, 0.2) is 11.5 Å². The molecule has 0 aliphatic heterocycles. The van der Waals surface area contributed by atoms with E-state index in [1.54, 1.807) is 12.1 Å². The SMILES string of the molecule is CCCCOc1ccccc1OC(C)=O. The summed E-state index contributed by atoms with van der Waals surface area (Å²) in [4.78, 5) is 10.8. The Morgan fingerprint density at radius 3 is 2.53 bits per heavy atom. The first kappa shape index (κ1) is 11.6. The van der Waals surface area contributed by atoms with Crippen molar-refractivity contribution in [3.05, 3.63) is 24.3 Å². The molecule has 3 heteroatoms. The van der Waals surface area contributed by atoms with Gasteiger partial charge in [0.05, 0.1) is 6.61 Å². The second-order valence-corrected chi connectivity index (χ2v) is 3.24. The molecule has 1 aromatic carbocycles. The average molecular weight is 208 g/mol. The second-order valence-electron chi connectivity index (χ2n) is 3.24. The van der Waals surface area contributed by atoms with Gasteiger partial charge in [0.1, 0.15) is 0 Å². The summed E-state index contributed by atoms with van der Waals surface area (Å²) in [6, 6.07) is 7.19. The highest BCUT2D eigenvalue weighted by molar-refractivity contribution is 5.70. The summed E-state index contributed by atoms with van der Waals surface area (Å²) in [5.41, 5.74) is 0. The van der Waals surface area contributed by atoms with E-state index < -0.39 is 0 Å². The molecule has 3 nitrogen and oxygen atoms in total. The van der Waals surface area contributed by atoms with E-state index in [0.29, 0.717) is 18.1 Å². The van der Waals surface area contributed by atoms with Gasteiger partial charge in [-0.05, 0) is 18.6 Å². The number of hydrogen-bond donors (Lipinski definition) is 0. The molecular formula is C12H16O3. The Morgan fingerprint density at radius 2 is 1.93 bits per heavy atom. The second kappa shape index (κ2) is 6.06. The lowest BCUT2D eigenvalue weighted by molar-refractivity contribution is -0.132. The van der Waals surface area contributed by atoms with Gasteiger partial charge in [-0.2, -0.15) is 0 Å². The van der Waals surface area contributed by atoms with Crippen LogP contribution in [-0.2, 0) is 4.79 Å². The molecule has 0 bridgehead atoms. The third-order valence-electron chi connectivity index (χ3n) is 1.86. The predicted molar refractivity (Wildman–Crippen MR) is 58.2 cm³/mol. The number of para-hydroxylation sites is 2. The van der Waals surface area contributed by atoms with Crippen molar-refractivity contribution in [3.63, 3.8) is 0 Å². The van der Waals surface area contributed by atoms with Crippen molar-refractivity contribution >= 4 is 5.97 Å². The molecule has 15 heavy (non-hydrogen) atoms. The first-order valence-electron chi connectivity index (χ1n) is 5.14. The van der Waals surface area contributed by atoms with Crippen LogP contribution in [0.25, 0.3) is 0 Å². The number of unbranched alkanes of at least 4 members (excludes halogenated alkanes) is 1. The number of esters is 1. The lowest BCUT2D eigenvalue weighted by atomic mass is 10.3. The van der Waals surface area contributed by atoms with Crippen LogP contribution < -0.4 is 9.47 Å². The minimum absolute atomic E-state index is 0.332. The number of ether oxygens (including phenoxy) is 2. The van der Waals surface area contributed by atoms with Crippen molar-refractivity contribution in [1.82, 2.24) is 0 Å². The van der Waals surface area contributed by atoms with Crippen molar-refractivity contribution in [2.75, 3.05) is 6.61 Å². The number of carbonyl (C=O) groups excluding carboxylic acids is 1. The van der Waals surface area contributed by atoms with Gasteiger partial charge in [-0.25, -0.2) is 0 Å². The van der Waals surface area contributed by atoms with Crippen LogP contribution in [0.3, 0.4) is 0 Å². The summed E-state index contributed by atoms with van der Waals surface area (Å²) in [6.45, 7) is 4.12. The molecule has 0 atom stereocenters. The van der Waals surface area contributed by atoms with E-state index in [-0.39, 0.29) is 5.97 Å². The maximum atomic E-state index is 10.8. The topological polar surface area (TPSA) is 35.5 Å². The summed E-state index contributed by atoms with van der Waals surface area (Å²) in [5, 5.41) is 0. The molecule has 0 fully saturated rings. The van der Waals surface area contributed by atoms with Crippen LogP contribution >= 0.6 is 0 Å². The van der Waals surface area contributed by atoms with Crippen molar-refractivity contribution in [2.45, 2.75) is 26.7 Å². The standard InChI is InChI=1S/C12H16O3/c1-3-4-9-14-11-7-5-6-8-12(11)15-10(2)13/h5-8H,3-4,9H2,1-2H3. The summed E-state index contributed by atoms with van der Waals surface area (Å²) in [5.74, 6) is 0.781. The lowest BCUT2D eigenvalue weighted by Crippen LogP contribution is -2.04. The molecule has 1 rings (SSSR count). The average Bonchev–Trinajstić information content (AvgIpc) is 2.20. The van der Waals surface area contributed by atoms with E-state index in [1.807, 2.05) is 12.1 Å². The van der Waals surface area contributed by atoms with Crippen LogP contribution in [-0.4, -0.2) is 12.6 Å². The fourth-order valence-corrected chi connectivity index (χ4v) is 1.14. The fraction of sp³-hybridized carbons (Fsp3) is 0.417. The summed E-state index contributed by atoms with van der Waals surface area (Å²) < 4.78 is 10.5. The normalized spacial score (nSPS) is 9.73. The third kappa shape index (κ3) is 4.02. The Hall–Kier alpha value is -1.51. The van der Waals surface area contributed by atoms with Gasteiger partial charge in [0.2, 0.25) is 0 Å². The van der Waals surface area contributed by atoms with E-state index in [0.717, 1.165) is 12.8 Å². The highest BCUT2D eigenvalue weighted by Gasteiger charge is 2.05. The molecule has 1 aromatic rings. The largest absolute Gasteiger partial charge is 0.490 e. The Balaban J connectivity index is 2.64. The molecule has 0 N–H and O–H groups in total. The van der Waals surface area contributed by atoms with Gasteiger partial charge in [0.25, 0.3) is 0 Å². The molecule has 0 radical (unpaired) electrons. The Bertz CT molecular complexity index is 320. The van der Waals surface area contributed by atoms with Gasteiger partial charge in [-0.1, -0.05) is 25.5 Å². The summed E-state index contributed by atoms with van der Waals surface area (Å²) >= 11 is 0. The van der Waals surface area contributed by atoms with Crippen LogP contribution in [0.1, 0.15) is 26.7 Å². The van der Waals surface area contributed by atoms with Gasteiger partial charge < -0.3 is 9.47 Å². The zero-order valence-electron chi connectivity index (χ0n) is 9.16. The van der Waals surface area contributed by atoms with Crippen molar-refractivity contribution < 1.29 is 14.3 Å². The zero-order valence-corrected chi connectivity index (χ0v) is 9.16. The summed E-state index contributed by atoms with van der Waals surface area (Å²) in [6.07, 6.45) is 2.07. The Kier molecular flexibility index (Phi) is 4.68. The molecule has 0 aliphatic rings. The number of hydrogen-bond acceptors (Lipinski definition) is 3. The molecule has 0 aromatic heterocycles. The van der Waals surface area contributed by atoms with Crippen LogP contribution in [0.15, 0.2) is 24.3 Å².